The summed E-state index contributed by atoms with van der Waals surface area (Å²) in [4.78, 5) is 0. The number of rotatable bonds is 3. The molecule has 0 radical (unpaired) electrons. The Labute approximate surface area is 88.1 Å². The quantitative estimate of drug-likeness (QED) is 0.479. The standard InChI is InChI=1S/C13H24N/c1-4-10-7-12-8-14(12,9(2)3)13(10)11-5-6-11/h9-13H,4-8H2,1-3H3/q+1. The lowest BCUT2D eigenvalue weighted by Gasteiger charge is -2.33. The highest BCUT2D eigenvalue weighted by Crippen LogP contribution is 2.58. The topological polar surface area (TPSA) is 0 Å². The van der Waals surface area contributed by atoms with Crippen molar-refractivity contribution in [3.8, 4) is 0 Å². The van der Waals surface area contributed by atoms with E-state index in [1.807, 2.05) is 0 Å². The van der Waals surface area contributed by atoms with Gasteiger partial charge in [-0.05, 0) is 33.1 Å². The van der Waals surface area contributed by atoms with Crippen molar-refractivity contribution in [3.63, 3.8) is 0 Å². The number of hydrogen-bond donors (Lipinski definition) is 0. The molecule has 0 bridgehead atoms. The van der Waals surface area contributed by atoms with Gasteiger partial charge in [-0.3, -0.25) is 0 Å². The van der Waals surface area contributed by atoms with Crippen molar-refractivity contribution in [1.29, 1.82) is 0 Å². The van der Waals surface area contributed by atoms with Crippen molar-refractivity contribution >= 4 is 0 Å². The number of hydrogen-bond acceptors (Lipinski definition) is 0. The Kier molecular flexibility index (Phi) is 1.81. The van der Waals surface area contributed by atoms with Crippen molar-refractivity contribution in [2.24, 2.45) is 11.8 Å². The van der Waals surface area contributed by atoms with Crippen LogP contribution in [0.3, 0.4) is 0 Å². The van der Waals surface area contributed by atoms with Gasteiger partial charge in [-0.25, -0.2) is 0 Å². The van der Waals surface area contributed by atoms with Crippen LogP contribution in [-0.4, -0.2) is 29.2 Å². The van der Waals surface area contributed by atoms with E-state index in [2.05, 4.69) is 20.8 Å². The van der Waals surface area contributed by atoms with Crippen molar-refractivity contribution in [2.75, 3.05) is 6.54 Å². The van der Waals surface area contributed by atoms with Crippen LogP contribution < -0.4 is 0 Å². The molecule has 4 unspecified atom stereocenters. The highest BCUT2D eigenvalue weighted by atomic mass is 15.6. The van der Waals surface area contributed by atoms with Crippen LogP contribution in [0.1, 0.15) is 46.5 Å². The van der Waals surface area contributed by atoms with E-state index >= 15 is 0 Å². The fourth-order valence-corrected chi connectivity index (χ4v) is 4.44. The fraction of sp³-hybridized carbons (Fsp3) is 1.00. The smallest absolute Gasteiger partial charge is 0.140 e. The molecule has 0 aromatic carbocycles. The first-order valence-electron chi connectivity index (χ1n) is 6.57. The van der Waals surface area contributed by atoms with Gasteiger partial charge in [0.15, 0.2) is 0 Å². The summed E-state index contributed by atoms with van der Waals surface area (Å²) in [5, 5.41) is 0. The minimum absolute atomic E-state index is 0.891. The Balaban J connectivity index is 1.86. The van der Waals surface area contributed by atoms with E-state index in [9.17, 15) is 0 Å². The molecule has 2 aliphatic heterocycles. The summed E-state index contributed by atoms with van der Waals surface area (Å²) >= 11 is 0. The van der Waals surface area contributed by atoms with Crippen molar-refractivity contribution < 1.29 is 4.48 Å². The zero-order valence-electron chi connectivity index (χ0n) is 9.87. The van der Waals surface area contributed by atoms with Crippen LogP contribution in [0.2, 0.25) is 0 Å². The Morgan fingerprint density at radius 3 is 2.50 bits per heavy atom. The van der Waals surface area contributed by atoms with Crippen molar-refractivity contribution in [2.45, 2.75) is 64.6 Å². The number of piperidine rings is 1. The molecule has 4 atom stereocenters. The van der Waals surface area contributed by atoms with Gasteiger partial charge < -0.3 is 4.48 Å². The van der Waals surface area contributed by atoms with Crippen LogP contribution in [-0.2, 0) is 0 Å². The van der Waals surface area contributed by atoms with Gasteiger partial charge in [0.25, 0.3) is 0 Å². The van der Waals surface area contributed by atoms with E-state index in [0.29, 0.717) is 0 Å². The molecule has 1 saturated carbocycles. The molecule has 1 aliphatic carbocycles. The van der Waals surface area contributed by atoms with E-state index in [4.69, 9.17) is 0 Å². The second kappa shape index (κ2) is 2.75. The SMILES string of the molecule is CCC1CC2C[N+]2(C(C)C)C1C1CC1. The van der Waals surface area contributed by atoms with E-state index in [0.717, 1.165) is 30.0 Å². The van der Waals surface area contributed by atoms with Crippen LogP contribution in [0.4, 0.5) is 0 Å². The second-order valence-electron chi connectivity index (χ2n) is 6.16. The molecule has 0 amide bonds. The molecule has 0 aromatic rings. The molecule has 3 fully saturated rings. The lowest BCUT2D eigenvalue weighted by molar-refractivity contribution is -0.857. The van der Waals surface area contributed by atoms with Gasteiger partial charge in [0, 0.05) is 18.3 Å². The Bertz CT molecular complexity index is 244. The van der Waals surface area contributed by atoms with Crippen LogP contribution >= 0.6 is 0 Å². The lowest BCUT2D eigenvalue weighted by Crippen LogP contribution is -2.45. The molecule has 80 valence electrons. The first-order chi connectivity index (χ1) is 6.70. The molecular weight excluding hydrogens is 170 g/mol. The maximum Gasteiger partial charge on any atom is 0.140 e. The van der Waals surface area contributed by atoms with Gasteiger partial charge in [0.05, 0.1) is 12.1 Å². The molecule has 1 nitrogen and oxygen atoms in total. The van der Waals surface area contributed by atoms with Gasteiger partial charge in [-0.15, -0.1) is 0 Å². The molecule has 2 heterocycles. The van der Waals surface area contributed by atoms with Crippen LogP contribution in [0.5, 0.6) is 0 Å². The van der Waals surface area contributed by atoms with E-state index in [-0.39, 0.29) is 0 Å². The summed E-state index contributed by atoms with van der Waals surface area (Å²) in [6.45, 7) is 8.83. The van der Waals surface area contributed by atoms with E-state index in [1.54, 1.807) is 19.3 Å². The number of fused-ring (bicyclic) bond motifs is 1. The van der Waals surface area contributed by atoms with Crippen LogP contribution in [0.15, 0.2) is 0 Å². The third-order valence-corrected chi connectivity index (χ3v) is 5.28. The predicted octanol–water partition coefficient (Wildman–Crippen LogP) is 2.80. The average Bonchev–Trinajstić information content (AvgIpc) is 3.05. The monoisotopic (exact) mass is 194 g/mol. The highest BCUT2D eigenvalue weighted by Gasteiger charge is 2.70. The average molecular weight is 194 g/mol. The fourth-order valence-electron chi connectivity index (χ4n) is 4.44. The minimum atomic E-state index is 0.891. The first kappa shape index (κ1) is 9.21. The highest BCUT2D eigenvalue weighted by molar-refractivity contribution is 5.00. The Morgan fingerprint density at radius 1 is 1.29 bits per heavy atom. The summed E-state index contributed by atoms with van der Waals surface area (Å²) in [5.74, 6) is 2.19. The second-order valence-corrected chi connectivity index (χ2v) is 6.16. The summed E-state index contributed by atoms with van der Waals surface area (Å²) in [6.07, 6.45) is 6.07. The zero-order chi connectivity index (χ0) is 9.92. The Morgan fingerprint density at radius 2 is 2.00 bits per heavy atom. The van der Waals surface area contributed by atoms with Gasteiger partial charge in [-0.1, -0.05) is 6.92 Å². The summed E-state index contributed by atoms with van der Waals surface area (Å²) in [5.41, 5.74) is 0. The van der Waals surface area contributed by atoms with Gasteiger partial charge in [0.1, 0.15) is 12.6 Å². The third-order valence-electron chi connectivity index (χ3n) is 5.28. The summed E-state index contributed by atoms with van der Waals surface area (Å²) in [6, 6.07) is 3.04. The molecule has 1 heteroatoms. The molecule has 0 aromatic heterocycles. The third kappa shape index (κ3) is 0.997. The van der Waals surface area contributed by atoms with E-state index in [1.165, 1.54) is 17.4 Å². The number of nitrogens with zero attached hydrogens (tertiary/aromatic N) is 1. The molecule has 0 N–H and O–H groups in total. The maximum absolute atomic E-state index is 2.45. The molecular formula is C13H24N+. The molecule has 14 heavy (non-hydrogen) atoms. The summed E-state index contributed by atoms with van der Waals surface area (Å²) < 4.78 is 1.53. The van der Waals surface area contributed by atoms with E-state index < -0.39 is 0 Å². The predicted molar refractivity (Wildman–Crippen MR) is 59.0 cm³/mol. The van der Waals surface area contributed by atoms with Crippen molar-refractivity contribution in [3.05, 3.63) is 0 Å². The normalized spacial score (nSPS) is 51.0. The first-order valence-corrected chi connectivity index (χ1v) is 6.57. The zero-order valence-corrected chi connectivity index (χ0v) is 9.87. The number of quaternary nitrogens is 1. The van der Waals surface area contributed by atoms with Gasteiger partial charge in [-0.2, -0.15) is 0 Å². The van der Waals surface area contributed by atoms with Gasteiger partial charge in [0.2, 0.25) is 0 Å². The largest absolute Gasteiger partial charge is 0.307 e. The Hall–Kier alpha value is -0.0400. The van der Waals surface area contributed by atoms with Gasteiger partial charge >= 0.3 is 0 Å². The molecule has 3 rings (SSSR count). The van der Waals surface area contributed by atoms with Crippen LogP contribution in [0.25, 0.3) is 0 Å². The maximum atomic E-state index is 2.45. The van der Waals surface area contributed by atoms with Crippen molar-refractivity contribution in [1.82, 2.24) is 0 Å². The lowest BCUT2D eigenvalue weighted by atomic mass is 9.90. The molecule has 2 saturated heterocycles. The van der Waals surface area contributed by atoms with Crippen LogP contribution in [0, 0.1) is 11.8 Å². The minimum Gasteiger partial charge on any atom is -0.307 e. The molecule has 0 spiro atoms. The molecule has 3 aliphatic rings. The summed E-state index contributed by atoms with van der Waals surface area (Å²) in [7, 11) is 0.